The van der Waals surface area contributed by atoms with Crippen LogP contribution in [0.1, 0.15) is 52.9 Å². The summed E-state index contributed by atoms with van der Waals surface area (Å²) >= 11 is 0. The van der Waals surface area contributed by atoms with E-state index in [0.29, 0.717) is 30.8 Å². The summed E-state index contributed by atoms with van der Waals surface area (Å²) in [6.45, 7) is 10.7. The summed E-state index contributed by atoms with van der Waals surface area (Å²) in [6.07, 6.45) is 5.09. The van der Waals surface area contributed by atoms with E-state index in [1.54, 1.807) is 0 Å². The van der Waals surface area contributed by atoms with Crippen molar-refractivity contribution in [3.8, 4) is 0 Å². The van der Waals surface area contributed by atoms with Gasteiger partial charge in [0.25, 0.3) is 0 Å². The molecular weight excluding hydrogens is 262 g/mol. The molecular formula is C17H35N3O. The summed E-state index contributed by atoms with van der Waals surface area (Å²) in [7, 11) is 1.98. The van der Waals surface area contributed by atoms with Crippen molar-refractivity contribution in [2.24, 2.45) is 17.6 Å². The normalized spacial score (nSPS) is 19.0. The van der Waals surface area contributed by atoms with Crippen LogP contribution in [0.15, 0.2) is 0 Å². The molecule has 0 unspecified atom stereocenters. The summed E-state index contributed by atoms with van der Waals surface area (Å²) in [5.41, 5.74) is 5.82. The molecule has 0 aromatic carbocycles. The van der Waals surface area contributed by atoms with Gasteiger partial charge in [0.1, 0.15) is 0 Å². The highest BCUT2D eigenvalue weighted by molar-refractivity contribution is 5.76. The Balaban J connectivity index is 2.40. The smallest absolute Gasteiger partial charge is 0.222 e. The maximum Gasteiger partial charge on any atom is 0.222 e. The molecule has 0 spiro atoms. The van der Waals surface area contributed by atoms with E-state index >= 15 is 0 Å². The minimum atomic E-state index is 0.278. The number of nitrogens with two attached hydrogens (primary N) is 1. The number of hydrogen-bond donors (Lipinski definition) is 1. The van der Waals surface area contributed by atoms with Crippen molar-refractivity contribution in [1.29, 1.82) is 0 Å². The van der Waals surface area contributed by atoms with Crippen molar-refractivity contribution in [1.82, 2.24) is 9.80 Å². The quantitative estimate of drug-likeness (QED) is 0.748. The van der Waals surface area contributed by atoms with Crippen LogP contribution in [0.4, 0.5) is 0 Å². The monoisotopic (exact) mass is 297 g/mol. The third kappa shape index (κ3) is 6.35. The van der Waals surface area contributed by atoms with Gasteiger partial charge in [0, 0.05) is 32.6 Å². The van der Waals surface area contributed by atoms with Gasteiger partial charge in [0.05, 0.1) is 0 Å². The Morgan fingerprint density at radius 1 is 1.33 bits per heavy atom. The molecule has 0 aromatic rings. The Hall–Kier alpha value is -0.610. The number of amides is 1. The van der Waals surface area contributed by atoms with Crippen LogP contribution in [-0.4, -0.2) is 55.0 Å². The number of piperidine rings is 1. The Morgan fingerprint density at radius 3 is 2.43 bits per heavy atom. The Morgan fingerprint density at radius 2 is 1.95 bits per heavy atom. The number of hydrogen-bond acceptors (Lipinski definition) is 3. The summed E-state index contributed by atoms with van der Waals surface area (Å²) < 4.78 is 0. The number of carbonyl (C=O) groups excluding carboxylic acids is 1. The van der Waals surface area contributed by atoms with Crippen molar-refractivity contribution in [3.63, 3.8) is 0 Å². The van der Waals surface area contributed by atoms with Gasteiger partial charge >= 0.3 is 0 Å². The highest BCUT2D eigenvalue weighted by Gasteiger charge is 2.26. The standard InChI is InChI=1S/C17H35N3O/c1-5-8-20-9-6-16(7-10-20)19(4)17(21)12-15(13-18)11-14(2)3/h14-16H,5-13,18H2,1-4H3/t15-/m0/s1. The molecule has 1 saturated heterocycles. The van der Waals surface area contributed by atoms with Gasteiger partial charge < -0.3 is 15.5 Å². The van der Waals surface area contributed by atoms with Crippen molar-refractivity contribution >= 4 is 5.91 Å². The van der Waals surface area contributed by atoms with Crippen molar-refractivity contribution < 1.29 is 4.79 Å². The van der Waals surface area contributed by atoms with Crippen LogP contribution in [0.3, 0.4) is 0 Å². The third-order valence-corrected chi connectivity index (χ3v) is 4.64. The SMILES string of the molecule is CCCN1CCC(N(C)C(=O)C[C@@H](CN)CC(C)C)CC1. The van der Waals surface area contributed by atoms with E-state index < -0.39 is 0 Å². The lowest BCUT2D eigenvalue weighted by Gasteiger charge is -2.37. The molecule has 1 atom stereocenters. The van der Waals surface area contributed by atoms with Crippen molar-refractivity contribution in [2.75, 3.05) is 33.2 Å². The zero-order valence-corrected chi connectivity index (χ0v) is 14.5. The van der Waals surface area contributed by atoms with Crippen LogP contribution in [-0.2, 0) is 4.79 Å². The summed E-state index contributed by atoms with van der Waals surface area (Å²) in [5.74, 6) is 1.22. The molecule has 1 rings (SSSR count). The first-order valence-electron chi connectivity index (χ1n) is 8.65. The van der Waals surface area contributed by atoms with Crippen LogP contribution in [0.25, 0.3) is 0 Å². The molecule has 0 bridgehead atoms. The molecule has 0 radical (unpaired) electrons. The van der Waals surface area contributed by atoms with Gasteiger partial charge in [-0.3, -0.25) is 4.79 Å². The van der Waals surface area contributed by atoms with E-state index in [2.05, 4.69) is 25.7 Å². The fraction of sp³-hybridized carbons (Fsp3) is 0.941. The number of carbonyl (C=O) groups is 1. The summed E-state index contributed by atoms with van der Waals surface area (Å²) in [6, 6.07) is 0.420. The maximum absolute atomic E-state index is 12.5. The van der Waals surface area contributed by atoms with E-state index in [1.165, 1.54) is 13.0 Å². The van der Waals surface area contributed by atoms with Gasteiger partial charge in [-0.25, -0.2) is 0 Å². The first-order valence-corrected chi connectivity index (χ1v) is 8.65. The molecule has 0 saturated carbocycles. The van der Waals surface area contributed by atoms with E-state index in [9.17, 15) is 4.79 Å². The average Bonchev–Trinajstić information content (AvgIpc) is 2.46. The van der Waals surface area contributed by atoms with Crippen LogP contribution < -0.4 is 5.73 Å². The van der Waals surface area contributed by atoms with Gasteiger partial charge in [-0.15, -0.1) is 0 Å². The largest absolute Gasteiger partial charge is 0.343 e. The first kappa shape index (κ1) is 18.4. The number of nitrogens with zero attached hydrogens (tertiary/aromatic N) is 2. The minimum absolute atomic E-state index is 0.278. The van der Waals surface area contributed by atoms with Gasteiger partial charge in [-0.2, -0.15) is 0 Å². The van der Waals surface area contributed by atoms with E-state index in [1.807, 2.05) is 11.9 Å². The number of likely N-dealkylation sites (tertiary alicyclic amines) is 1. The summed E-state index contributed by atoms with van der Waals surface area (Å²) in [5, 5.41) is 0. The van der Waals surface area contributed by atoms with Gasteiger partial charge in [-0.1, -0.05) is 20.8 Å². The molecule has 1 fully saturated rings. The van der Waals surface area contributed by atoms with Crippen LogP contribution in [0.5, 0.6) is 0 Å². The van der Waals surface area contributed by atoms with Gasteiger partial charge in [0.15, 0.2) is 0 Å². The van der Waals surface area contributed by atoms with Crippen LogP contribution in [0, 0.1) is 11.8 Å². The molecule has 1 aliphatic heterocycles. The lowest BCUT2D eigenvalue weighted by atomic mass is 9.93. The highest BCUT2D eigenvalue weighted by atomic mass is 16.2. The molecule has 2 N–H and O–H groups in total. The fourth-order valence-corrected chi connectivity index (χ4v) is 3.37. The van der Waals surface area contributed by atoms with E-state index in [0.717, 1.165) is 32.4 Å². The third-order valence-electron chi connectivity index (χ3n) is 4.64. The molecule has 4 nitrogen and oxygen atoms in total. The molecule has 21 heavy (non-hydrogen) atoms. The second-order valence-corrected chi connectivity index (χ2v) is 7.01. The Labute approximate surface area is 131 Å². The van der Waals surface area contributed by atoms with Crippen LogP contribution >= 0.6 is 0 Å². The maximum atomic E-state index is 12.5. The molecule has 4 heteroatoms. The molecule has 0 aromatic heterocycles. The molecule has 1 heterocycles. The van der Waals surface area contributed by atoms with Crippen LogP contribution in [0.2, 0.25) is 0 Å². The highest BCUT2D eigenvalue weighted by Crippen LogP contribution is 2.20. The average molecular weight is 297 g/mol. The minimum Gasteiger partial charge on any atom is -0.343 e. The zero-order valence-electron chi connectivity index (χ0n) is 14.5. The predicted molar refractivity (Wildman–Crippen MR) is 89.1 cm³/mol. The van der Waals surface area contributed by atoms with E-state index in [4.69, 9.17) is 5.73 Å². The van der Waals surface area contributed by atoms with Crippen molar-refractivity contribution in [2.45, 2.75) is 58.9 Å². The molecule has 124 valence electrons. The molecule has 1 aliphatic rings. The fourth-order valence-electron chi connectivity index (χ4n) is 3.37. The van der Waals surface area contributed by atoms with Gasteiger partial charge in [-0.05, 0) is 50.6 Å². The first-order chi connectivity index (χ1) is 9.97. The number of rotatable bonds is 8. The lowest BCUT2D eigenvalue weighted by Crippen LogP contribution is -2.46. The zero-order chi connectivity index (χ0) is 15.8. The van der Waals surface area contributed by atoms with Crippen molar-refractivity contribution in [3.05, 3.63) is 0 Å². The second-order valence-electron chi connectivity index (χ2n) is 7.01. The Bertz CT molecular complexity index is 298. The Kier molecular flexibility index (Phi) is 8.27. The van der Waals surface area contributed by atoms with Gasteiger partial charge in [0.2, 0.25) is 5.91 Å². The lowest BCUT2D eigenvalue weighted by molar-refractivity contribution is -0.133. The summed E-state index contributed by atoms with van der Waals surface area (Å²) in [4.78, 5) is 17.0. The second kappa shape index (κ2) is 9.42. The predicted octanol–water partition coefficient (Wildman–Crippen LogP) is 2.33. The molecule has 1 amide bonds. The molecule has 0 aliphatic carbocycles. The van der Waals surface area contributed by atoms with E-state index in [-0.39, 0.29) is 5.91 Å². The topological polar surface area (TPSA) is 49.6 Å².